The van der Waals surface area contributed by atoms with Crippen molar-refractivity contribution >= 4 is 28.8 Å². The molecular weight excluding hydrogens is 302 g/mol. The second-order valence-corrected chi connectivity index (χ2v) is 4.90. The molecule has 2 N–H and O–H groups in total. The summed E-state index contributed by atoms with van der Waals surface area (Å²) in [6, 6.07) is 12.3. The van der Waals surface area contributed by atoms with Crippen LogP contribution in [0.15, 0.2) is 53.5 Å². The van der Waals surface area contributed by atoms with Crippen molar-refractivity contribution in [1.82, 2.24) is 9.38 Å². The fraction of sp³-hybridized carbons (Fsp3) is 0.125. The Morgan fingerprint density at radius 3 is 2.59 bits per heavy atom. The monoisotopic (exact) mass is 317 g/mol. The molecule has 1 aromatic carbocycles. The molecule has 0 aliphatic heterocycles. The number of aliphatic hydroxyl groups is 1. The number of nitrogens with zero attached hydrogens (tertiary/aromatic N) is 2. The van der Waals surface area contributed by atoms with Gasteiger partial charge in [0.15, 0.2) is 0 Å². The number of aromatic nitrogens is 2. The van der Waals surface area contributed by atoms with Gasteiger partial charge in [-0.05, 0) is 36.4 Å². The highest BCUT2D eigenvalue weighted by molar-refractivity contribution is 6.30. The van der Waals surface area contributed by atoms with Crippen LogP contribution < -0.4 is 10.9 Å². The Morgan fingerprint density at radius 2 is 1.91 bits per heavy atom. The lowest BCUT2D eigenvalue weighted by molar-refractivity contribution is 0.280. The molecule has 2 heterocycles. The van der Waals surface area contributed by atoms with Crippen molar-refractivity contribution in [2.24, 2.45) is 0 Å². The van der Waals surface area contributed by atoms with Crippen molar-refractivity contribution in [3.8, 4) is 0 Å². The van der Waals surface area contributed by atoms with E-state index in [1.54, 1.807) is 48.7 Å². The van der Waals surface area contributed by atoms with Crippen LogP contribution in [-0.2, 0) is 6.61 Å². The van der Waals surface area contributed by atoms with E-state index in [1.807, 2.05) is 0 Å². The first-order chi connectivity index (χ1) is 10.2. The van der Waals surface area contributed by atoms with Crippen LogP contribution in [0, 0.1) is 0 Å². The van der Waals surface area contributed by atoms with Crippen molar-refractivity contribution in [3.63, 3.8) is 0 Å². The van der Waals surface area contributed by atoms with Crippen LogP contribution in [0.1, 0.15) is 13.0 Å². The number of pyridine rings is 1. The summed E-state index contributed by atoms with van der Waals surface area (Å²) < 4.78 is 1.40. The van der Waals surface area contributed by atoms with Crippen LogP contribution in [0.5, 0.6) is 0 Å². The third kappa shape index (κ3) is 2.95. The summed E-state index contributed by atoms with van der Waals surface area (Å²) in [5, 5.41) is 13.1. The lowest BCUT2D eigenvalue weighted by Gasteiger charge is -2.11. The number of rotatable bonds is 3. The van der Waals surface area contributed by atoms with Crippen LogP contribution in [0.3, 0.4) is 0 Å². The van der Waals surface area contributed by atoms with Gasteiger partial charge in [0.05, 0.1) is 12.2 Å². The van der Waals surface area contributed by atoms with E-state index in [-0.39, 0.29) is 25.2 Å². The number of anilines is 2. The van der Waals surface area contributed by atoms with Gasteiger partial charge in [0.2, 0.25) is 0 Å². The van der Waals surface area contributed by atoms with E-state index in [2.05, 4.69) is 10.3 Å². The molecule has 2 aromatic heterocycles. The summed E-state index contributed by atoms with van der Waals surface area (Å²) in [7, 11) is 0. The van der Waals surface area contributed by atoms with E-state index < -0.39 is 0 Å². The number of hydrogen-bond donors (Lipinski definition) is 2. The molecule has 0 atom stereocenters. The SMILES string of the molecule is C.O=c1c(CO)c(Nc2ccc(Cl)cc2)nc2ccccn12. The molecule has 0 amide bonds. The summed E-state index contributed by atoms with van der Waals surface area (Å²) in [6.07, 6.45) is 1.62. The number of halogens is 1. The molecule has 0 spiro atoms. The van der Waals surface area contributed by atoms with Crippen molar-refractivity contribution in [2.45, 2.75) is 14.0 Å². The summed E-state index contributed by atoms with van der Waals surface area (Å²) in [5.74, 6) is 0.344. The number of nitrogens with one attached hydrogen (secondary N) is 1. The average Bonchev–Trinajstić information content (AvgIpc) is 2.50. The molecule has 0 fully saturated rings. The zero-order valence-corrected chi connectivity index (χ0v) is 11.7. The Kier molecular flexibility index (Phi) is 4.80. The maximum Gasteiger partial charge on any atom is 0.265 e. The van der Waals surface area contributed by atoms with Crippen LogP contribution in [0.4, 0.5) is 11.5 Å². The predicted octanol–water partition coefficient (Wildman–Crippen LogP) is 3.22. The average molecular weight is 318 g/mol. The van der Waals surface area contributed by atoms with Gasteiger partial charge in [-0.25, -0.2) is 4.98 Å². The molecule has 3 aromatic rings. The Hall–Kier alpha value is -2.37. The molecule has 0 saturated heterocycles. The van der Waals surface area contributed by atoms with Gasteiger partial charge >= 0.3 is 0 Å². The maximum absolute atomic E-state index is 12.3. The number of hydrogen-bond acceptors (Lipinski definition) is 4. The molecule has 0 aliphatic rings. The van der Waals surface area contributed by atoms with Crippen molar-refractivity contribution in [2.75, 3.05) is 5.32 Å². The predicted molar refractivity (Wildman–Crippen MR) is 88.9 cm³/mol. The second kappa shape index (κ2) is 6.60. The van der Waals surface area contributed by atoms with Crippen molar-refractivity contribution in [1.29, 1.82) is 0 Å². The molecule has 0 aliphatic carbocycles. The van der Waals surface area contributed by atoms with Gasteiger partial charge in [0.25, 0.3) is 5.56 Å². The molecule has 5 nitrogen and oxygen atoms in total. The highest BCUT2D eigenvalue weighted by Gasteiger charge is 2.11. The largest absolute Gasteiger partial charge is 0.391 e. The molecule has 0 unspecified atom stereocenters. The molecule has 3 rings (SSSR count). The van der Waals surface area contributed by atoms with Gasteiger partial charge in [-0.1, -0.05) is 25.1 Å². The van der Waals surface area contributed by atoms with Crippen molar-refractivity contribution in [3.05, 3.63) is 69.6 Å². The van der Waals surface area contributed by atoms with Gasteiger partial charge in [-0.2, -0.15) is 0 Å². The zero-order valence-electron chi connectivity index (χ0n) is 11.0. The van der Waals surface area contributed by atoms with Gasteiger partial charge in [-0.3, -0.25) is 9.20 Å². The maximum atomic E-state index is 12.3. The third-order valence-corrected chi connectivity index (χ3v) is 3.34. The zero-order chi connectivity index (χ0) is 14.8. The molecule has 0 bridgehead atoms. The number of fused-ring (bicyclic) bond motifs is 1. The van der Waals surface area contributed by atoms with Crippen molar-refractivity contribution < 1.29 is 5.11 Å². The van der Waals surface area contributed by atoms with E-state index in [9.17, 15) is 9.90 Å². The quantitative estimate of drug-likeness (QED) is 0.778. The molecule has 114 valence electrons. The fourth-order valence-electron chi connectivity index (χ4n) is 2.04. The first-order valence-electron chi connectivity index (χ1n) is 6.33. The minimum Gasteiger partial charge on any atom is -0.391 e. The van der Waals surface area contributed by atoms with Gasteiger partial charge in [-0.15, -0.1) is 0 Å². The highest BCUT2D eigenvalue weighted by Crippen LogP contribution is 2.19. The standard InChI is InChI=1S/C15H12ClN3O2.CH4/c16-10-4-6-11(7-5-10)17-14-12(9-20)15(21)19-8-2-1-3-13(19)18-14;/h1-8,17,20H,9H2;1H4. The summed E-state index contributed by atoms with van der Waals surface area (Å²) >= 11 is 5.84. The molecule has 0 saturated carbocycles. The van der Waals surface area contributed by atoms with Gasteiger partial charge < -0.3 is 10.4 Å². The Labute approximate surface area is 132 Å². The fourth-order valence-corrected chi connectivity index (χ4v) is 2.17. The first kappa shape index (κ1) is 16.0. The Balaban J connectivity index is 0.00000176. The minimum absolute atomic E-state index is 0. The third-order valence-electron chi connectivity index (χ3n) is 3.09. The normalized spacial score (nSPS) is 10.3. The number of benzene rings is 1. The molecular formula is C16H16ClN3O2. The lowest BCUT2D eigenvalue weighted by Crippen LogP contribution is -2.21. The molecule has 22 heavy (non-hydrogen) atoms. The van der Waals surface area contributed by atoms with Gasteiger partial charge in [0.1, 0.15) is 11.5 Å². The summed E-state index contributed by atoms with van der Waals surface area (Å²) in [6.45, 7) is -0.389. The van der Waals surface area contributed by atoms with E-state index in [4.69, 9.17) is 11.6 Å². The van der Waals surface area contributed by atoms with E-state index >= 15 is 0 Å². The topological polar surface area (TPSA) is 66.6 Å². The first-order valence-corrected chi connectivity index (χ1v) is 6.70. The minimum atomic E-state index is -0.389. The van der Waals surface area contributed by atoms with Crippen LogP contribution in [0.25, 0.3) is 5.65 Å². The van der Waals surface area contributed by atoms with Crippen LogP contribution in [0.2, 0.25) is 5.02 Å². The summed E-state index contributed by atoms with van der Waals surface area (Å²) in [4.78, 5) is 16.7. The second-order valence-electron chi connectivity index (χ2n) is 4.46. The van der Waals surface area contributed by atoms with E-state index in [0.717, 1.165) is 5.69 Å². The van der Waals surface area contributed by atoms with Gasteiger partial charge in [0, 0.05) is 16.9 Å². The van der Waals surface area contributed by atoms with E-state index in [0.29, 0.717) is 16.5 Å². The molecule has 0 radical (unpaired) electrons. The summed E-state index contributed by atoms with van der Waals surface area (Å²) in [5.41, 5.74) is 1.17. The highest BCUT2D eigenvalue weighted by atomic mass is 35.5. The smallest absolute Gasteiger partial charge is 0.265 e. The molecule has 6 heteroatoms. The number of aliphatic hydroxyl groups excluding tert-OH is 1. The lowest BCUT2D eigenvalue weighted by atomic mass is 10.2. The van der Waals surface area contributed by atoms with Crippen LogP contribution >= 0.6 is 11.6 Å². The Morgan fingerprint density at radius 1 is 1.18 bits per heavy atom. The Bertz CT molecular complexity index is 844. The van der Waals surface area contributed by atoms with Crippen LogP contribution in [-0.4, -0.2) is 14.5 Å². The van der Waals surface area contributed by atoms with E-state index in [1.165, 1.54) is 4.40 Å².